The topological polar surface area (TPSA) is 73.4 Å². The number of H-pyrrole nitrogens is 1. The maximum absolute atomic E-state index is 12.5. The summed E-state index contributed by atoms with van der Waals surface area (Å²) in [6, 6.07) is 9.34. The lowest BCUT2D eigenvalue weighted by Gasteiger charge is -2.21. The van der Waals surface area contributed by atoms with Crippen molar-refractivity contribution in [3.8, 4) is 11.5 Å². The fourth-order valence-electron chi connectivity index (χ4n) is 3.62. The van der Waals surface area contributed by atoms with Crippen LogP contribution >= 0.6 is 0 Å². The van der Waals surface area contributed by atoms with Crippen molar-refractivity contribution in [1.29, 1.82) is 0 Å². The zero-order valence-electron chi connectivity index (χ0n) is 16.6. The number of nitrogens with zero attached hydrogens (tertiary/aromatic N) is 1. The van der Waals surface area contributed by atoms with E-state index in [2.05, 4.69) is 9.97 Å². The van der Waals surface area contributed by atoms with Gasteiger partial charge in [0.2, 0.25) is 0 Å². The molecule has 1 N–H and O–H groups in total. The molecule has 3 aromatic rings. The Morgan fingerprint density at radius 2 is 1.90 bits per heavy atom. The van der Waals surface area contributed by atoms with E-state index in [1.165, 1.54) is 0 Å². The van der Waals surface area contributed by atoms with Crippen LogP contribution in [0.2, 0.25) is 0 Å². The fraction of sp³-hybridized carbons (Fsp3) is 0.391. The number of hydrogen-bond donors (Lipinski definition) is 1. The summed E-state index contributed by atoms with van der Waals surface area (Å²) in [6.07, 6.45) is 6.58. The number of fused-ring (bicyclic) bond motifs is 1. The van der Waals surface area contributed by atoms with Crippen molar-refractivity contribution in [2.75, 3.05) is 19.8 Å². The van der Waals surface area contributed by atoms with Crippen LogP contribution in [0.15, 0.2) is 47.5 Å². The van der Waals surface area contributed by atoms with Crippen molar-refractivity contribution in [3.05, 3.63) is 64.2 Å². The van der Waals surface area contributed by atoms with Crippen LogP contribution in [0, 0.1) is 12.8 Å². The van der Waals surface area contributed by atoms with Gasteiger partial charge in [0, 0.05) is 35.7 Å². The van der Waals surface area contributed by atoms with Gasteiger partial charge in [0.1, 0.15) is 18.1 Å². The molecule has 0 amide bonds. The molecule has 3 heterocycles. The van der Waals surface area contributed by atoms with Gasteiger partial charge in [-0.15, -0.1) is 0 Å². The van der Waals surface area contributed by atoms with E-state index in [0.29, 0.717) is 35.0 Å². The Morgan fingerprint density at radius 3 is 2.72 bits per heavy atom. The Kier molecular flexibility index (Phi) is 6.10. The molecule has 4 rings (SSSR count). The first-order valence-corrected chi connectivity index (χ1v) is 10.1. The molecule has 0 bridgehead atoms. The standard InChI is InChI=1S/C23H26N2O4/c1-16-22(25-21-5-3-2-4-20(21)23(16)26)15-29-19-12-18(13-24-14-19)28-11-8-17-6-9-27-10-7-17/h2-5,12-14,17H,6-11,15H2,1H3,(H,25,26). The van der Waals surface area contributed by atoms with E-state index in [0.717, 1.165) is 43.7 Å². The fourth-order valence-corrected chi connectivity index (χ4v) is 3.62. The zero-order chi connectivity index (χ0) is 20.1. The van der Waals surface area contributed by atoms with Gasteiger partial charge in [-0.05, 0) is 44.2 Å². The minimum atomic E-state index is 0.0290. The summed E-state index contributed by atoms with van der Waals surface area (Å²) < 4.78 is 17.1. The molecule has 0 unspecified atom stereocenters. The molecular formula is C23H26N2O4. The molecule has 1 fully saturated rings. The van der Waals surface area contributed by atoms with Crippen molar-refractivity contribution >= 4 is 10.9 Å². The maximum Gasteiger partial charge on any atom is 0.192 e. The highest BCUT2D eigenvalue weighted by molar-refractivity contribution is 5.79. The molecule has 1 aliphatic rings. The molecule has 0 aliphatic carbocycles. The van der Waals surface area contributed by atoms with Gasteiger partial charge in [-0.3, -0.25) is 9.78 Å². The summed E-state index contributed by atoms with van der Waals surface area (Å²) in [6.45, 7) is 4.45. The molecule has 29 heavy (non-hydrogen) atoms. The molecule has 1 aromatic carbocycles. The van der Waals surface area contributed by atoms with E-state index in [1.54, 1.807) is 12.4 Å². The van der Waals surface area contributed by atoms with Crippen molar-refractivity contribution in [3.63, 3.8) is 0 Å². The molecule has 0 radical (unpaired) electrons. The number of benzene rings is 1. The van der Waals surface area contributed by atoms with Gasteiger partial charge in [0.15, 0.2) is 5.43 Å². The second-order valence-corrected chi connectivity index (χ2v) is 7.44. The van der Waals surface area contributed by atoms with Crippen molar-refractivity contribution < 1.29 is 14.2 Å². The third kappa shape index (κ3) is 4.77. The molecule has 1 aliphatic heterocycles. The van der Waals surface area contributed by atoms with E-state index in [4.69, 9.17) is 14.2 Å². The quantitative estimate of drug-likeness (QED) is 0.656. The Balaban J connectivity index is 1.37. The van der Waals surface area contributed by atoms with Gasteiger partial charge in [0.05, 0.1) is 24.7 Å². The molecule has 2 aromatic heterocycles. The molecule has 6 nitrogen and oxygen atoms in total. The molecular weight excluding hydrogens is 368 g/mol. The minimum Gasteiger partial charge on any atom is -0.492 e. The molecule has 0 atom stereocenters. The number of nitrogens with one attached hydrogen (secondary N) is 1. The molecule has 6 heteroatoms. The van der Waals surface area contributed by atoms with Crippen LogP contribution in [0.5, 0.6) is 11.5 Å². The van der Waals surface area contributed by atoms with Crippen LogP contribution in [0.3, 0.4) is 0 Å². The SMILES string of the molecule is Cc1c(COc2cncc(OCCC3CCOCC3)c2)[nH]c2ccccc2c1=O. The molecule has 152 valence electrons. The molecule has 0 saturated carbocycles. The highest BCUT2D eigenvalue weighted by Crippen LogP contribution is 2.22. The van der Waals surface area contributed by atoms with E-state index >= 15 is 0 Å². The van der Waals surface area contributed by atoms with Crippen LogP contribution in [0.1, 0.15) is 30.5 Å². The molecule has 0 spiro atoms. The minimum absolute atomic E-state index is 0.0290. The van der Waals surface area contributed by atoms with Crippen molar-refractivity contribution in [1.82, 2.24) is 9.97 Å². The maximum atomic E-state index is 12.5. The highest BCUT2D eigenvalue weighted by atomic mass is 16.5. The second kappa shape index (κ2) is 9.09. The van der Waals surface area contributed by atoms with E-state index < -0.39 is 0 Å². The van der Waals surface area contributed by atoms with Crippen molar-refractivity contribution in [2.24, 2.45) is 5.92 Å². The third-order valence-corrected chi connectivity index (χ3v) is 5.46. The second-order valence-electron chi connectivity index (χ2n) is 7.44. The molecule has 1 saturated heterocycles. The van der Waals surface area contributed by atoms with Gasteiger partial charge >= 0.3 is 0 Å². The van der Waals surface area contributed by atoms with E-state index in [9.17, 15) is 4.79 Å². The zero-order valence-corrected chi connectivity index (χ0v) is 16.6. The van der Waals surface area contributed by atoms with Crippen LogP contribution in [-0.2, 0) is 11.3 Å². The Bertz CT molecular complexity index is 1020. The Morgan fingerprint density at radius 1 is 1.14 bits per heavy atom. The summed E-state index contributed by atoms with van der Waals surface area (Å²) in [7, 11) is 0. The number of aromatic nitrogens is 2. The van der Waals surface area contributed by atoms with Gasteiger partial charge in [0.25, 0.3) is 0 Å². The van der Waals surface area contributed by atoms with E-state index in [1.807, 2.05) is 37.3 Å². The van der Waals surface area contributed by atoms with Crippen molar-refractivity contribution in [2.45, 2.75) is 32.8 Å². The first kappa shape index (κ1) is 19.5. The van der Waals surface area contributed by atoms with Gasteiger partial charge in [-0.2, -0.15) is 0 Å². The smallest absolute Gasteiger partial charge is 0.192 e. The summed E-state index contributed by atoms with van der Waals surface area (Å²) >= 11 is 0. The lowest BCUT2D eigenvalue weighted by Crippen LogP contribution is -2.17. The third-order valence-electron chi connectivity index (χ3n) is 5.46. The predicted octanol–water partition coefficient (Wildman–Crippen LogP) is 4.01. The van der Waals surface area contributed by atoms with Crippen LogP contribution in [-0.4, -0.2) is 29.8 Å². The number of para-hydroxylation sites is 1. The first-order chi connectivity index (χ1) is 14.2. The van der Waals surface area contributed by atoms with Gasteiger partial charge < -0.3 is 19.2 Å². The van der Waals surface area contributed by atoms with Crippen LogP contribution in [0.4, 0.5) is 0 Å². The average molecular weight is 394 g/mol. The van der Waals surface area contributed by atoms with E-state index in [-0.39, 0.29) is 12.0 Å². The lowest BCUT2D eigenvalue weighted by atomic mass is 9.97. The Labute approximate surface area is 169 Å². The Hall–Kier alpha value is -2.86. The highest BCUT2D eigenvalue weighted by Gasteiger charge is 2.14. The summed E-state index contributed by atoms with van der Waals surface area (Å²) in [4.78, 5) is 20.1. The number of aromatic amines is 1. The van der Waals surface area contributed by atoms with Crippen LogP contribution < -0.4 is 14.9 Å². The normalized spacial score (nSPS) is 14.8. The summed E-state index contributed by atoms with van der Waals surface area (Å²) in [5.41, 5.74) is 2.27. The predicted molar refractivity (Wildman–Crippen MR) is 112 cm³/mol. The number of ether oxygens (including phenoxy) is 3. The summed E-state index contributed by atoms with van der Waals surface area (Å²) in [5.74, 6) is 1.98. The lowest BCUT2D eigenvalue weighted by molar-refractivity contribution is 0.0593. The average Bonchev–Trinajstić information content (AvgIpc) is 2.76. The number of pyridine rings is 2. The largest absolute Gasteiger partial charge is 0.492 e. The monoisotopic (exact) mass is 394 g/mol. The first-order valence-electron chi connectivity index (χ1n) is 10.1. The van der Waals surface area contributed by atoms with Crippen LogP contribution in [0.25, 0.3) is 10.9 Å². The van der Waals surface area contributed by atoms with Gasteiger partial charge in [-0.1, -0.05) is 12.1 Å². The van der Waals surface area contributed by atoms with Gasteiger partial charge in [-0.25, -0.2) is 0 Å². The number of rotatable bonds is 7. The number of hydrogen-bond acceptors (Lipinski definition) is 5. The summed E-state index contributed by atoms with van der Waals surface area (Å²) in [5, 5.41) is 0.690.